The molecule has 0 saturated carbocycles. The number of aryl methyl sites for hydroxylation is 1. The Labute approximate surface area is 212 Å². The number of ether oxygens (including phenoxy) is 1. The van der Waals surface area contributed by atoms with Crippen molar-refractivity contribution in [2.24, 2.45) is 0 Å². The van der Waals surface area contributed by atoms with Crippen LogP contribution < -0.4 is 15.0 Å². The first-order chi connectivity index (χ1) is 16.4. The summed E-state index contributed by atoms with van der Waals surface area (Å²) < 4.78 is 6.08. The van der Waals surface area contributed by atoms with Crippen molar-refractivity contribution in [3.8, 4) is 5.75 Å². The number of nitrogens with one attached hydrogen (secondary N) is 1. The lowest BCUT2D eigenvalue weighted by Gasteiger charge is -2.14. The second kappa shape index (κ2) is 10.9. The largest absolute Gasteiger partial charge is 0.484 e. The molecular formula is C26H21ClN2O3S2. The molecule has 0 aromatic heterocycles. The number of para-hydroxylation sites is 1. The molecule has 1 saturated heterocycles. The summed E-state index contributed by atoms with van der Waals surface area (Å²) in [5, 5.41) is 3.48. The van der Waals surface area contributed by atoms with E-state index in [1.165, 1.54) is 16.7 Å². The number of thioether (sulfide) groups is 1. The van der Waals surface area contributed by atoms with Crippen LogP contribution in [0.2, 0.25) is 5.02 Å². The first kappa shape index (κ1) is 24.0. The Morgan fingerprint density at radius 2 is 1.79 bits per heavy atom. The number of amides is 2. The van der Waals surface area contributed by atoms with Crippen LogP contribution in [0.5, 0.6) is 5.75 Å². The van der Waals surface area contributed by atoms with Gasteiger partial charge in [-0.2, -0.15) is 0 Å². The highest BCUT2D eigenvalue weighted by atomic mass is 35.5. The molecule has 0 radical (unpaired) electrons. The number of thiocarbonyl (C=S) groups is 1. The SMILES string of the molecule is CCc1ccccc1NC(=O)COc1ccc(/C=C2\SC(=S)N(c3ccc(Cl)cc3)C2=O)cc1. The highest BCUT2D eigenvalue weighted by Crippen LogP contribution is 2.36. The monoisotopic (exact) mass is 508 g/mol. The fourth-order valence-corrected chi connectivity index (χ4v) is 4.80. The highest BCUT2D eigenvalue weighted by Gasteiger charge is 2.33. The van der Waals surface area contributed by atoms with Gasteiger partial charge in [-0.25, -0.2) is 0 Å². The number of hydrogen-bond acceptors (Lipinski definition) is 5. The van der Waals surface area contributed by atoms with Crippen LogP contribution in [0, 0.1) is 0 Å². The quantitative estimate of drug-likeness (QED) is 0.298. The molecular weight excluding hydrogens is 488 g/mol. The zero-order chi connectivity index (χ0) is 24.1. The van der Waals surface area contributed by atoms with Gasteiger partial charge in [0.05, 0.1) is 10.6 Å². The standard InChI is InChI=1S/C26H21ClN2O3S2/c1-2-18-5-3-4-6-22(18)28-24(30)16-32-21-13-7-17(8-14-21)15-23-25(31)29(26(33)34-23)20-11-9-19(27)10-12-20/h3-15H,2,16H2,1H3,(H,28,30)/b23-15-. The Bertz CT molecular complexity index is 1260. The number of carbonyl (C=O) groups is 2. The van der Waals surface area contributed by atoms with Gasteiger partial charge in [0.15, 0.2) is 10.9 Å². The van der Waals surface area contributed by atoms with Crippen LogP contribution >= 0.6 is 35.6 Å². The molecule has 1 aliphatic heterocycles. The summed E-state index contributed by atoms with van der Waals surface area (Å²) >= 11 is 12.6. The molecule has 172 valence electrons. The van der Waals surface area contributed by atoms with Gasteiger partial charge in [0, 0.05) is 10.7 Å². The highest BCUT2D eigenvalue weighted by molar-refractivity contribution is 8.27. The first-order valence-electron chi connectivity index (χ1n) is 10.6. The molecule has 2 amide bonds. The van der Waals surface area contributed by atoms with E-state index in [4.69, 9.17) is 28.6 Å². The molecule has 3 aromatic rings. The van der Waals surface area contributed by atoms with Crippen LogP contribution in [0.25, 0.3) is 6.08 Å². The molecule has 4 rings (SSSR count). The van der Waals surface area contributed by atoms with Crippen molar-refractivity contribution in [2.45, 2.75) is 13.3 Å². The molecule has 5 nitrogen and oxygen atoms in total. The summed E-state index contributed by atoms with van der Waals surface area (Å²) in [6, 6.07) is 21.8. The van der Waals surface area contributed by atoms with Crippen LogP contribution in [0.1, 0.15) is 18.1 Å². The Hall–Kier alpha value is -3.13. The number of benzene rings is 3. The third-order valence-electron chi connectivity index (χ3n) is 5.10. The van der Waals surface area contributed by atoms with Gasteiger partial charge >= 0.3 is 0 Å². The van der Waals surface area contributed by atoms with Crippen LogP contribution in [-0.4, -0.2) is 22.7 Å². The Morgan fingerprint density at radius 1 is 1.09 bits per heavy atom. The van der Waals surface area contributed by atoms with Gasteiger partial charge < -0.3 is 10.1 Å². The third kappa shape index (κ3) is 5.67. The molecule has 1 fully saturated rings. The maximum Gasteiger partial charge on any atom is 0.270 e. The molecule has 0 atom stereocenters. The molecule has 0 aliphatic carbocycles. The average Bonchev–Trinajstić information content (AvgIpc) is 3.12. The maximum atomic E-state index is 12.9. The van der Waals surface area contributed by atoms with Crippen molar-refractivity contribution in [3.63, 3.8) is 0 Å². The van der Waals surface area contributed by atoms with Gasteiger partial charge in [-0.1, -0.05) is 72.8 Å². The minimum Gasteiger partial charge on any atom is -0.484 e. The van der Waals surface area contributed by atoms with Crippen LogP contribution in [0.15, 0.2) is 77.7 Å². The summed E-state index contributed by atoms with van der Waals surface area (Å²) in [6.07, 6.45) is 2.62. The summed E-state index contributed by atoms with van der Waals surface area (Å²) in [4.78, 5) is 27.2. The second-order valence-corrected chi connectivity index (χ2v) is 9.52. The molecule has 3 aromatic carbocycles. The van der Waals surface area contributed by atoms with Gasteiger partial charge in [0.25, 0.3) is 11.8 Å². The van der Waals surface area contributed by atoms with Crippen molar-refractivity contribution in [1.29, 1.82) is 0 Å². The first-order valence-corrected chi connectivity index (χ1v) is 12.2. The minimum absolute atomic E-state index is 0.100. The number of rotatable bonds is 7. The summed E-state index contributed by atoms with van der Waals surface area (Å²) in [5.41, 5.74) is 3.37. The zero-order valence-electron chi connectivity index (χ0n) is 18.3. The molecule has 0 spiro atoms. The Morgan fingerprint density at radius 3 is 2.50 bits per heavy atom. The minimum atomic E-state index is -0.226. The van der Waals surface area contributed by atoms with E-state index in [-0.39, 0.29) is 18.4 Å². The van der Waals surface area contributed by atoms with E-state index in [0.717, 1.165) is 23.2 Å². The van der Waals surface area contributed by atoms with Gasteiger partial charge in [-0.15, -0.1) is 0 Å². The molecule has 8 heteroatoms. The van der Waals surface area contributed by atoms with Crippen LogP contribution in [0.4, 0.5) is 11.4 Å². The van der Waals surface area contributed by atoms with E-state index in [9.17, 15) is 9.59 Å². The summed E-state index contributed by atoms with van der Waals surface area (Å²) in [7, 11) is 0. The van der Waals surface area contributed by atoms with E-state index in [1.807, 2.05) is 43.3 Å². The predicted octanol–water partition coefficient (Wildman–Crippen LogP) is 6.33. The van der Waals surface area contributed by atoms with Gasteiger partial charge in [0.2, 0.25) is 0 Å². The van der Waals surface area contributed by atoms with E-state index in [1.54, 1.807) is 42.5 Å². The summed E-state index contributed by atoms with van der Waals surface area (Å²) in [5.74, 6) is 0.155. The fourth-order valence-electron chi connectivity index (χ4n) is 3.38. The van der Waals surface area contributed by atoms with Gasteiger partial charge in [-0.3, -0.25) is 14.5 Å². The number of halogens is 1. The maximum absolute atomic E-state index is 12.9. The van der Waals surface area contributed by atoms with Crippen LogP contribution in [0.3, 0.4) is 0 Å². The van der Waals surface area contributed by atoms with E-state index < -0.39 is 0 Å². The lowest BCUT2D eigenvalue weighted by molar-refractivity contribution is -0.118. The molecule has 0 unspecified atom stereocenters. The second-order valence-electron chi connectivity index (χ2n) is 7.41. The average molecular weight is 509 g/mol. The zero-order valence-corrected chi connectivity index (χ0v) is 20.7. The molecule has 34 heavy (non-hydrogen) atoms. The van der Waals surface area contributed by atoms with E-state index >= 15 is 0 Å². The molecule has 0 bridgehead atoms. The predicted molar refractivity (Wildman–Crippen MR) is 143 cm³/mol. The number of carbonyl (C=O) groups excluding carboxylic acids is 2. The van der Waals surface area contributed by atoms with Crippen molar-refractivity contribution in [1.82, 2.24) is 0 Å². The smallest absolute Gasteiger partial charge is 0.270 e. The molecule has 1 heterocycles. The van der Waals surface area contributed by atoms with Crippen molar-refractivity contribution >= 4 is 69.2 Å². The molecule has 1 aliphatic rings. The van der Waals surface area contributed by atoms with E-state index in [2.05, 4.69) is 5.32 Å². The number of hydrogen-bond donors (Lipinski definition) is 1. The Balaban J connectivity index is 1.37. The fraction of sp³-hybridized carbons (Fsp3) is 0.115. The van der Waals surface area contributed by atoms with E-state index in [0.29, 0.717) is 25.7 Å². The van der Waals surface area contributed by atoms with Gasteiger partial charge in [0.1, 0.15) is 5.75 Å². The van der Waals surface area contributed by atoms with Crippen LogP contribution in [-0.2, 0) is 16.0 Å². The molecule has 1 N–H and O–H groups in total. The normalized spacial score (nSPS) is 14.5. The summed E-state index contributed by atoms with van der Waals surface area (Å²) in [6.45, 7) is 1.94. The van der Waals surface area contributed by atoms with Gasteiger partial charge in [-0.05, 0) is 66.1 Å². The lowest BCUT2D eigenvalue weighted by Crippen LogP contribution is -2.27. The van der Waals surface area contributed by atoms with Crippen molar-refractivity contribution in [3.05, 3.63) is 93.9 Å². The van der Waals surface area contributed by atoms with Crippen molar-refractivity contribution < 1.29 is 14.3 Å². The third-order valence-corrected chi connectivity index (χ3v) is 6.65. The number of anilines is 2. The lowest BCUT2D eigenvalue weighted by atomic mass is 10.1. The Kier molecular flexibility index (Phi) is 7.67. The number of nitrogens with zero attached hydrogens (tertiary/aromatic N) is 1. The van der Waals surface area contributed by atoms with Crippen molar-refractivity contribution in [2.75, 3.05) is 16.8 Å². The topological polar surface area (TPSA) is 58.6 Å².